The van der Waals surface area contributed by atoms with E-state index < -0.39 is 0 Å². The fourth-order valence-electron chi connectivity index (χ4n) is 2.05. The van der Waals surface area contributed by atoms with Gasteiger partial charge in [0.25, 0.3) is 5.91 Å². The number of halogens is 1. The summed E-state index contributed by atoms with van der Waals surface area (Å²) >= 11 is 5.94. The van der Waals surface area contributed by atoms with Crippen LogP contribution < -0.4 is 11.1 Å². The van der Waals surface area contributed by atoms with E-state index in [1.54, 1.807) is 18.2 Å². The van der Waals surface area contributed by atoms with Gasteiger partial charge in [-0.1, -0.05) is 49.2 Å². The van der Waals surface area contributed by atoms with Gasteiger partial charge in [0.1, 0.15) is 0 Å². The summed E-state index contributed by atoms with van der Waals surface area (Å²) in [7, 11) is 0. The number of amides is 1. The van der Waals surface area contributed by atoms with Gasteiger partial charge in [0, 0.05) is 5.69 Å². The number of nitrogens with one attached hydrogen (secondary N) is 1. The van der Waals surface area contributed by atoms with Crippen LogP contribution in [0.15, 0.2) is 42.5 Å². The Hall–Kier alpha value is -2.00. The molecule has 3 N–H and O–H groups in total. The number of hydrogen-bond acceptors (Lipinski definition) is 2. The van der Waals surface area contributed by atoms with Crippen molar-refractivity contribution in [1.82, 2.24) is 0 Å². The van der Waals surface area contributed by atoms with Crippen LogP contribution in [-0.2, 0) is 6.42 Å². The molecule has 0 radical (unpaired) electrons. The second-order valence-corrected chi connectivity index (χ2v) is 4.97. The lowest BCUT2D eigenvalue weighted by molar-refractivity contribution is 0.102. The zero-order valence-corrected chi connectivity index (χ0v) is 12.1. The molecule has 0 saturated carbocycles. The Kier molecular flexibility index (Phi) is 4.64. The molecule has 0 unspecified atom stereocenters. The van der Waals surface area contributed by atoms with E-state index in [9.17, 15) is 4.79 Å². The topological polar surface area (TPSA) is 55.1 Å². The number of carbonyl (C=O) groups excluding carboxylic acids is 1. The molecule has 2 rings (SSSR count). The second-order valence-electron chi connectivity index (χ2n) is 4.56. The Morgan fingerprint density at radius 2 is 1.95 bits per heavy atom. The first kappa shape index (κ1) is 14.4. The third-order valence-corrected chi connectivity index (χ3v) is 3.41. The van der Waals surface area contributed by atoms with Crippen molar-refractivity contribution in [3.63, 3.8) is 0 Å². The number of carbonyl (C=O) groups is 1. The summed E-state index contributed by atoms with van der Waals surface area (Å²) < 4.78 is 0. The number of aryl methyl sites for hydroxylation is 1. The molecule has 0 aromatic heterocycles. The zero-order valence-electron chi connectivity index (χ0n) is 11.3. The molecular weight excluding hydrogens is 272 g/mol. The van der Waals surface area contributed by atoms with Crippen LogP contribution in [0.4, 0.5) is 11.4 Å². The van der Waals surface area contributed by atoms with E-state index >= 15 is 0 Å². The number of nitrogens with two attached hydrogens (primary N) is 1. The normalized spacial score (nSPS) is 10.3. The lowest BCUT2D eigenvalue weighted by Crippen LogP contribution is -2.15. The SMILES string of the molecule is CCCc1ccccc1NC(=O)c1cccc(Cl)c1N. The molecule has 4 heteroatoms. The molecule has 2 aromatic rings. The smallest absolute Gasteiger partial charge is 0.257 e. The summed E-state index contributed by atoms with van der Waals surface area (Å²) in [4.78, 5) is 12.3. The number of benzene rings is 2. The molecule has 0 heterocycles. The fraction of sp³-hybridized carbons (Fsp3) is 0.188. The Morgan fingerprint density at radius 1 is 1.20 bits per heavy atom. The molecule has 0 saturated heterocycles. The van der Waals surface area contributed by atoms with Crippen molar-refractivity contribution in [2.75, 3.05) is 11.1 Å². The molecule has 0 fully saturated rings. The predicted octanol–water partition coefficient (Wildman–Crippen LogP) is 4.13. The van der Waals surface area contributed by atoms with Crippen LogP contribution in [0.25, 0.3) is 0 Å². The maximum Gasteiger partial charge on any atom is 0.257 e. The Labute approximate surface area is 123 Å². The molecule has 0 atom stereocenters. The number of anilines is 2. The highest BCUT2D eigenvalue weighted by atomic mass is 35.5. The van der Waals surface area contributed by atoms with Gasteiger partial charge in [-0.15, -0.1) is 0 Å². The van der Waals surface area contributed by atoms with Gasteiger partial charge in [-0.25, -0.2) is 0 Å². The second kappa shape index (κ2) is 6.44. The van der Waals surface area contributed by atoms with Crippen LogP contribution in [0, 0.1) is 0 Å². The third kappa shape index (κ3) is 3.11. The van der Waals surface area contributed by atoms with Crippen molar-refractivity contribution < 1.29 is 4.79 Å². The van der Waals surface area contributed by atoms with Gasteiger partial charge in [-0.05, 0) is 30.2 Å². The minimum Gasteiger partial charge on any atom is -0.397 e. The van der Waals surface area contributed by atoms with Crippen LogP contribution in [0.5, 0.6) is 0 Å². The van der Waals surface area contributed by atoms with Crippen molar-refractivity contribution in [2.24, 2.45) is 0 Å². The molecular formula is C16H17ClN2O. The molecule has 0 spiro atoms. The first-order chi connectivity index (χ1) is 9.63. The van der Waals surface area contributed by atoms with Crippen LogP contribution in [-0.4, -0.2) is 5.91 Å². The van der Waals surface area contributed by atoms with Crippen LogP contribution in [0.3, 0.4) is 0 Å². The fourth-order valence-corrected chi connectivity index (χ4v) is 2.23. The van der Waals surface area contributed by atoms with Crippen LogP contribution in [0.2, 0.25) is 5.02 Å². The van der Waals surface area contributed by atoms with Crippen molar-refractivity contribution in [3.05, 3.63) is 58.6 Å². The van der Waals surface area contributed by atoms with Gasteiger partial charge in [0.15, 0.2) is 0 Å². The van der Waals surface area contributed by atoms with Gasteiger partial charge in [-0.3, -0.25) is 4.79 Å². The summed E-state index contributed by atoms with van der Waals surface area (Å²) in [5.74, 6) is -0.242. The van der Waals surface area contributed by atoms with Crippen molar-refractivity contribution in [2.45, 2.75) is 19.8 Å². The van der Waals surface area contributed by atoms with Gasteiger partial charge >= 0.3 is 0 Å². The van der Waals surface area contributed by atoms with E-state index in [4.69, 9.17) is 17.3 Å². The highest BCUT2D eigenvalue weighted by molar-refractivity contribution is 6.34. The molecule has 1 amide bonds. The molecule has 20 heavy (non-hydrogen) atoms. The van der Waals surface area contributed by atoms with Crippen molar-refractivity contribution in [1.29, 1.82) is 0 Å². The number of rotatable bonds is 4. The average molecular weight is 289 g/mol. The monoisotopic (exact) mass is 288 g/mol. The number of para-hydroxylation sites is 2. The van der Waals surface area contributed by atoms with E-state index in [1.807, 2.05) is 24.3 Å². The highest BCUT2D eigenvalue weighted by Crippen LogP contribution is 2.24. The van der Waals surface area contributed by atoms with E-state index in [-0.39, 0.29) is 5.91 Å². The summed E-state index contributed by atoms with van der Waals surface area (Å²) in [6, 6.07) is 12.8. The lowest BCUT2D eigenvalue weighted by atomic mass is 10.1. The standard InChI is InChI=1S/C16H17ClN2O/c1-2-6-11-7-3-4-10-14(11)19-16(20)12-8-5-9-13(17)15(12)18/h3-5,7-10H,2,6,18H2,1H3,(H,19,20). The predicted molar refractivity (Wildman–Crippen MR) is 84.3 cm³/mol. The first-order valence-electron chi connectivity index (χ1n) is 6.56. The maximum atomic E-state index is 12.3. The van der Waals surface area contributed by atoms with Gasteiger partial charge in [-0.2, -0.15) is 0 Å². The maximum absolute atomic E-state index is 12.3. The summed E-state index contributed by atoms with van der Waals surface area (Å²) in [5, 5.41) is 3.29. The minimum atomic E-state index is -0.242. The summed E-state index contributed by atoms with van der Waals surface area (Å²) in [6.45, 7) is 2.10. The molecule has 104 valence electrons. The molecule has 2 aromatic carbocycles. The van der Waals surface area contributed by atoms with Crippen molar-refractivity contribution in [3.8, 4) is 0 Å². The van der Waals surface area contributed by atoms with Crippen molar-refractivity contribution >= 4 is 28.9 Å². The van der Waals surface area contributed by atoms with Crippen LogP contribution >= 0.6 is 11.6 Å². The number of hydrogen-bond donors (Lipinski definition) is 2. The van der Waals surface area contributed by atoms with E-state index in [0.29, 0.717) is 16.3 Å². The molecule has 0 aliphatic heterocycles. The van der Waals surface area contributed by atoms with E-state index in [1.165, 1.54) is 0 Å². The largest absolute Gasteiger partial charge is 0.397 e. The van der Waals surface area contributed by atoms with Crippen LogP contribution in [0.1, 0.15) is 29.3 Å². The zero-order chi connectivity index (χ0) is 14.5. The summed E-state index contributed by atoms with van der Waals surface area (Å²) in [5.41, 5.74) is 8.47. The average Bonchev–Trinajstić information content (AvgIpc) is 2.44. The number of nitrogen functional groups attached to an aromatic ring is 1. The Bertz CT molecular complexity index is 626. The first-order valence-corrected chi connectivity index (χ1v) is 6.94. The Balaban J connectivity index is 2.26. The molecule has 0 aliphatic rings. The van der Waals surface area contributed by atoms with Gasteiger partial charge in [0.2, 0.25) is 0 Å². The quantitative estimate of drug-likeness (QED) is 0.831. The van der Waals surface area contributed by atoms with Gasteiger partial charge in [0.05, 0.1) is 16.3 Å². The van der Waals surface area contributed by atoms with Gasteiger partial charge < -0.3 is 11.1 Å². The molecule has 0 aliphatic carbocycles. The molecule has 3 nitrogen and oxygen atoms in total. The molecule has 0 bridgehead atoms. The van der Waals surface area contributed by atoms with E-state index in [0.717, 1.165) is 24.1 Å². The highest BCUT2D eigenvalue weighted by Gasteiger charge is 2.13. The Morgan fingerprint density at radius 3 is 2.70 bits per heavy atom. The minimum absolute atomic E-state index is 0.242. The third-order valence-electron chi connectivity index (χ3n) is 3.08. The lowest BCUT2D eigenvalue weighted by Gasteiger charge is -2.12. The summed E-state index contributed by atoms with van der Waals surface area (Å²) in [6.07, 6.45) is 1.94. The van der Waals surface area contributed by atoms with E-state index in [2.05, 4.69) is 12.2 Å².